The van der Waals surface area contributed by atoms with E-state index in [-0.39, 0.29) is 11.4 Å². The van der Waals surface area contributed by atoms with E-state index < -0.39 is 38.2 Å². The number of carbonyl (C=O) groups is 1. The molecule has 3 aromatic carbocycles. The molecule has 1 amide bonds. The number of hydrogen-bond acceptors (Lipinski definition) is 4. The van der Waals surface area contributed by atoms with Gasteiger partial charge in [-0.15, -0.1) is 0 Å². The number of carbonyl (C=O) groups excluding carboxylic acids is 1. The van der Waals surface area contributed by atoms with Crippen LogP contribution in [0.5, 0.6) is 5.75 Å². The first-order valence-electron chi connectivity index (χ1n) is 9.88. The lowest BCUT2D eigenvalue weighted by Crippen LogP contribution is -2.69. The topological polar surface area (TPSA) is 63.7 Å². The molecule has 1 saturated heterocycles. The van der Waals surface area contributed by atoms with Crippen LogP contribution >= 0.6 is 0 Å². The van der Waals surface area contributed by atoms with E-state index >= 15 is 0 Å². The van der Waals surface area contributed by atoms with E-state index in [9.17, 15) is 22.0 Å². The van der Waals surface area contributed by atoms with E-state index in [0.29, 0.717) is 11.3 Å². The van der Waals surface area contributed by atoms with Crippen molar-refractivity contribution in [3.05, 3.63) is 95.6 Å². The number of ether oxygens (including phenoxy) is 1. The molecular formula is C24H21F2NO4S. The summed E-state index contributed by atoms with van der Waals surface area (Å²) in [6.45, 7) is 1.53. The predicted molar refractivity (Wildman–Crippen MR) is 115 cm³/mol. The maximum Gasteiger partial charge on any atom is 0.247 e. The van der Waals surface area contributed by atoms with Crippen molar-refractivity contribution in [1.29, 1.82) is 0 Å². The molecule has 5 nitrogen and oxygen atoms in total. The summed E-state index contributed by atoms with van der Waals surface area (Å²) < 4.78 is 57.3. The Hall–Kier alpha value is -3.26. The molecule has 4 rings (SSSR count). The van der Waals surface area contributed by atoms with E-state index in [2.05, 4.69) is 0 Å². The van der Waals surface area contributed by atoms with E-state index in [1.54, 1.807) is 31.4 Å². The number of β-lactam (4-membered cyclic amide) rings is 1. The molecular weight excluding hydrogens is 436 g/mol. The van der Waals surface area contributed by atoms with Crippen molar-refractivity contribution < 1.29 is 26.7 Å². The minimum absolute atomic E-state index is 0.147. The van der Waals surface area contributed by atoms with Gasteiger partial charge < -0.3 is 9.64 Å². The summed E-state index contributed by atoms with van der Waals surface area (Å²) in [5.74, 6) is -0.969. The predicted octanol–water partition coefficient (Wildman–Crippen LogP) is 4.29. The standard InChI is InChI=1S/C24H21F2NO4S/c1-24(32(29,30)21-13-9-19(26)10-14-21)22(17-5-7-18(25)8-6-17)27(23(24)28)15-16-3-11-20(31-2)12-4-16/h3-14,22H,15H2,1-2H3/t22-,24+/m0/s1. The van der Waals surface area contributed by atoms with E-state index in [4.69, 9.17) is 4.74 Å². The van der Waals surface area contributed by atoms with Crippen LogP contribution in [-0.4, -0.2) is 31.1 Å². The van der Waals surface area contributed by atoms with E-state index in [1.165, 1.54) is 36.1 Å². The van der Waals surface area contributed by atoms with Crippen molar-refractivity contribution >= 4 is 15.7 Å². The van der Waals surface area contributed by atoms with Gasteiger partial charge in [0, 0.05) is 6.54 Å². The summed E-state index contributed by atoms with van der Waals surface area (Å²) in [5, 5.41) is 0. The van der Waals surface area contributed by atoms with E-state index in [0.717, 1.165) is 29.8 Å². The molecule has 0 spiro atoms. The largest absolute Gasteiger partial charge is 0.497 e. The lowest BCUT2D eigenvalue weighted by molar-refractivity contribution is -0.153. The first-order chi connectivity index (χ1) is 15.2. The highest BCUT2D eigenvalue weighted by atomic mass is 32.2. The molecule has 1 aliphatic rings. The average molecular weight is 457 g/mol. The number of methoxy groups -OCH3 is 1. The molecule has 0 N–H and O–H groups in total. The van der Waals surface area contributed by atoms with Crippen LogP contribution in [0.1, 0.15) is 24.1 Å². The van der Waals surface area contributed by atoms with Gasteiger partial charge in [-0.2, -0.15) is 0 Å². The summed E-state index contributed by atoms with van der Waals surface area (Å²) in [6, 6.07) is 16.0. The lowest BCUT2D eigenvalue weighted by Gasteiger charge is -2.53. The first-order valence-corrected chi connectivity index (χ1v) is 11.4. The van der Waals surface area contributed by atoms with Crippen molar-refractivity contribution in [2.75, 3.05) is 7.11 Å². The highest BCUT2D eigenvalue weighted by molar-refractivity contribution is 7.93. The van der Waals surface area contributed by atoms with Crippen molar-refractivity contribution in [3.63, 3.8) is 0 Å². The van der Waals surface area contributed by atoms with Gasteiger partial charge in [0.1, 0.15) is 17.4 Å². The minimum atomic E-state index is -4.18. The van der Waals surface area contributed by atoms with Gasteiger partial charge in [0.2, 0.25) is 5.91 Å². The Labute approximate surface area is 185 Å². The fourth-order valence-electron chi connectivity index (χ4n) is 4.10. The Balaban J connectivity index is 1.76. The minimum Gasteiger partial charge on any atom is -0.497 e. The Bertz CT molecular complexity index is 1240. The summed E-state index contributed by atoms with van der Waals surface area (Å²) >= 11 is 0. The molecule has 0 aromatic heterocycles. The third-order valence-corrected chi connectivity index (χ3v) is 8.31. The molecule has 8 heteroatoms. The Morgan fingerprint density at radius 3 is 1.97 bits per heavy atom. The quantitative estimate of drug-likeness (QED) is 0.409. The second-order valence-electron chi connectivity index (χ2n) is 7.80. The smallest absolute Gasteiger partial charge is 0.247 e. The molecule has 1 heterocycles. The zero-order valence-corrected chi connectivity index (χ0v) is 18.3. The van der Waals surface area contributed by atoms with Gasteiger partial charge in [-0.3, -0.25) is 4.79 Å². The van der Waals surface area contributed by atoms with Gasteiger partial charge >= 0.3 is 0 Å². The molecule has 0 radical (unpaired) electrons. The zero-order chi connectivity index (χ0) is 23.1. The van der Waals surface area contributed by atoms with Crippen molar-refractivity contribution in [2.24, 2.45) is 0 Å². The third-order valence-electron chi connectivity index (χ3n) is 5.90. The van der Waals surface area contributed by atoms with Crippen molar-refractivity contribution in [1.82, 2.24) is 4.90 Å². The SMILES string of the molecule is COc1ccc(CN2C(=O)[C@](C)(S(=O)(=O)c3ccc(F)cc3)[C@@H]2c2ccc(F)cc2)cc1. The van der Waals surface area contributed by atoms with Crippen LogP contribution in [0.4, 0.5) is 8.78 Å². The van der Waals surface area contributed by atoms with Gasteiger partial charge in [0.05, 0.1) is 18.0 Å². The maximum atomic E-state index is 13.5. The van der Waals surface area contributed by atoms with Crippen LogP contribution in [-0.2, 0) is 21.2 Å². The number of amides is 1. The van der Waals surface area contributed by atoms with Gasteiger partial charge in [-0.05, 0) is 66.6 Å². The van der Waals surface area contributed by atoms with Gasteiger partial charge in [0.25, 0.3) is 0 Å². The highest BCUT2D eigenvalue weighted by Crippen LogP contribution is 2.51. The average Bonchev–Trinajstić information content (AvgIpc) is 2.80. The number of nitrogens with zero attached hydrogens (tertiary/aromatic N) is 1. The molecule has 166 valence electrons. The van der Waals surface area contributed by atoms with Crippen molar-refractivity contribution in [2.45, 2.75) is 29.2 Å². The Kier molecular flexibility index (Phi) is 5.50. The second kappa shape index (κ2) is 8.02. The molecule has 0 aliphatic carbocycles. The van der Waals surface area contributed by atoms with Crippen LogP contribution in [0.15, 0.2) is 77.7 Å². The zero-order valence-electron chi connectivity index (χ0n) is 17.5. The van der Waals surface area contributed by atoms with Crippen LogP contribution in [0.2, 0.25) is 0 Å². The van der Waals surface area contributed by atoms with Crippen LogP contribution < -0.4 is 4.74 Å². The van der Waals surface area contributed by atoms with E-state index in [1.807, 2.05) is 0 Å². The number of benzene rings is 3. The molecule has 0 unspecified atom stereocenters. The van der Waals surface area contributed by atoms with Crippen LogP contribution in [0.3, 0.4) is 0 Å². The maximum absolute atomic E-state index is 13.5. The molecule has 0 saturated carbocycles. The Morgan fingerprint density at radius 1 is 0.906 bits per heavy atom. The monoisotopic (exact) mass is 457 g/mol. The second-order valence-corrected chi connectivity index (χ2v) is 10.1. The number of hydrogen-bond donors (Lipinski definition) is 0. The van der Waals surface area contributed by atoms with Crippen molar-refractivity contribution in [3.8, 4) is 5.75 Å². The fraction of sp³-hybridized carbons (Fsp3) is 0.208. The summed E-state index contributed by atoms with van der Waals surface area (Å²) in [7, 11) is -2.64. The summed E-state index contributed by atoms with van der Waals surface area (Å²) in [5.41, 5.74) is 1.28. The Morgan fingerprint density at radius 2 is 1.44 bits per heavy atom. The molecule has 1 aliphatic heterocycles. The molecule has 3 aromatic rings. The normalized spacial score (nSPS) is 20.7. The fourth-order valence-corrected chi connectivity index (χ4v) is 5.99. The lowest BCUT2D eigenvalue weighted by atomic mass is 9.82. The van der Waals surface area contributed by atoms with Gasteiger partial charge in [-0.1, -0.05) is 24.3 Å². The number of rotatable bonds is 6. The molecule has 2 atom stereocenters. The molecule has 32 heavy (non-hydrogen) atoms. The third kappa shape index (κ3) is 3.44. The van der Waals surface area contributed by atoms with Crippen LogP contribution in [0, 0.1) is 11.6 Å². The first kappa shape index (κ1) is 22.0. The number of likely N-dealkylation sites (tertiary alicyclic amines) is 1. The summed E-state index contributed by atoms with van der Waals surface area (Å²) in [4.78, 5) is 14.6. The number of sulfone groups is 1. The highest BCUT2D eigenvalue weighted by Gasteiger charge is 2.66. The van der Waals surface area contributed by atoms with Gasteiger partial charge in [0.15, 0.2) is 14.6 Å². The van der Waals surface area contributed by atoms with Gasteiger partial charge in [-0.25, -0.2) is 17.2 Å². The summed E-state index contributed by atoms with van der Waals surface area (Å²) in [6.07, 6.45) is 0. The van der Waals surface area contributed by atoms with Crippen LogP contribution in [0.25, 0.3) is 0 Å². The number of halogens is 2. The molecule has 1 fully saturated rings. The molecule has 0 bridgehead atoms.